The third-order valence-electron chi connectivity index (χ3n) is 2.26. The molecule has 19 heavy (non-hydrogen) atoms. The molecule has 0 aliphatic carbocycles. The first-order valence-electron chi connectivity index (χ1n) is 6.13. The van der Waals surface area contributed by atoms with Crippen molar-refractivity contribution in [3.8, 4) is 0 Å². The quantitative estimate of drug-likeness (QED) is 0.620. The molecule has 0 aliphatic rings. The van der Waals surface area contributed by atoms with Crippen LogP contribution in [0.15, 0.2) is 24.3 Å². The van der Waals surface area contributed by atoms with Crippen LogP contribution in [-0.2, 0) is 9.53 Å². The van der Waals surface area contributed by atoms with Gasteiger partial charge >= 0.3 is 0 Å². The van der Waals surface area contributed by atoms with Crippen molar-refractivity contribution in [1.29, 1.82) is 0 Å². The standard InChI is InChI=1S/C13H19N3O3/c1-2-15-13(18)10-3-5-11(6-4-10)16-12(17)9-19-8-7-14/h3-6H,2,7-9,14H2,1H3,(H,15,18)(H,16,17). The van der Waals surface area contributed by atoms with Gasteiger partial charge in [-0.3, -0.25) is 9.59 Å². The Kier molecular flexibility index (Phi) is 6.56. The van der Waals surface area contributed by atoms with Crippen molar-refractivity contribution in [1.82, 2.24) is 5.32 Å². The molecular weight excluding hydrogens is 246 g/mol. The number of anilines is 1. The molecule has 0 bridgehead atoms. The lowest BCUT2D eigenvalue weighted by molar-refractivity contribution is -0.120. The Labute approximate surface area is 112 Å². The minimum Gasteiger partial charge on any atom is -0.370 e. The monoisotopic (exact) mass is 265 g/mol. The summed E-state index contributed by atoms with van der Waals surface area (Å²) in [6.07, 6.45) is 0. The van der Waals surface area contributed by atoms with Crippen molar-refractivity contribution >= 4 is 17.5 Å². The van der Waals surface area contributed by atoms with E-state index >= 15 is 0 Å². The number of hydrogen-bond donors (Lipinski definition) is 3. The molecule has 0 spiro atoms. The van der Waals surface area contributed by atoms with Crippen molar-refractivity contribution in [2.24, 2.45) is 5.73 Å². The maximum Gasteiger partial charge on any atom is 0.251 e. The number of hydrogen-bond acceptors (Lipinski definition) is 4. The molecule has 0 aromatic heterocycles. The lowest BCUT2D eigenvalue weighted by Crippen LogP contribution is -2.23. The molecule has 0 saturated heterocycles. The Hall–Kier alpha value is -1.92. The largest absolute Gasteiger partial charge is 0.370 e. The summed E-state index contributed by atoms with van der Waals surface area (Å²) in [5, 5.41) is 5.36. The second kappa shape index (κ2) is 8.23. The number of nitrogens with one attached hydrogen (secondary N) is 2. The van der Waals surface area contributed by atoms with Crippen molar-refractivity contribution in [3.63, 3.8) is 0 Å². The number of ether oxygens (including phenoxy) is 1. The number of amides is 2. The third-order valence-corrected chi connectivity index (χ3v) is 2.26. The number of benzene rings is 1. The fourth-order valence-corrected chi connectivity index (χ4v) is 1.41. The summed E-state index contributed by atoms with van der Waals surface area (Å²) in [5.74, 6) is -0.383. The molecule has 4 N–H and O–H groups in total. The summed E-state index contributed by atoms with van der Waals surface area (Å²) in [4.78, 5) is 23.0. The molecule has 0 radical (unpaired) electrons. The minimum atomic E-state index is -0.251. The van der Waals surface area contributed by atoms with Crippen LogP contribution >= 0.6 is 0 Å². The maximum absolute atomic E-state index is 11.5. The van der Waals surface area contributed by atoms with Gasteiger partial charge < -0.3 is 21.1 Å². The van der Waals surface area contributed by atoms with E-state index in [1.165, 1.54) is 0 Å². The lowest BCUT2D eigenvalue weighted by atomic mass is 10.2. The van der Waals surface area contributed by atoms with Gasteiger partial charge in [-0.05, 0) is 31.2 Å². The van der Waals surface area contributed by atoms with Gasteiger partial charge in [-0.15, -0.1) is 0 Å². The highest BCUT2D eigenvalue weighted by Gasteiger charge is 2.05. The summed E-state index contributed by atoms with van der Waals surface area (Å²) in [6.45, 7) is 3.14. The first kappa shape index (κ1) is 15.1. The van der Waals surface area contributed by atoms with E-state index in [4.69, 9.17) is 10.5 Å². The molecule has 0 atom stereocenters. The SMILES string of the molecule is CCNC(=O)c1ccc(NC(=O)COCCN)cc1. The normalized spacial score (nSPS) is 10.0. The zero-order valence-corrected chi connectivity index (χ0v) is 10.9. The Morgan fingerprint density at radius 3 is 2.53 bits per heavy atom. The van der Waals surface area contributed by atoms with E-state index in [-0.39, 0.29) is 18.4 Å². The van der Waals surface area contributed by atoms with E-state index < -0.39 is 0 Å². The molecule has 2 amide bonds. The molecule has 0 aliphatic heterocycles. The van der Waals surface area contributed by atoms with Gasteiger partial charge in [-0.2, -0.15) is 0 Å². The maximum atomic E-state index is 11.5. The fourth-order valence-electron chi connectivity index (χ4n) is 1.41. The van der Waals surface area contributed by atoms with E-state index in [0.29, 0.717) is 30.9 Å². The summed E-state index contributed by atoms with van der Waals surface area (Å²) in [7, 11) is 0. The zero-order valence-electron chi connectivity index (χ0n) is 10.9. The van der Waals surface area contributed by atoms with Crippen LogP contribution in [0.5, 0.6) is 0 Å². The highest BCUT2D eigenvalue weighted by Crippen LogP contribution is 2.09. The first-order valence-corrected chi connectivity index (χ1v) is 6.13. The molecule has 0 unspecified atom stereocenters. The van der Waals surface area contributed by atoms with Gasteiger partial charge in [-0.25, -0.2) is 0 Å². The van der Waals surface area contributed by atoms with E-state index in [2.05, 4.69) is 10.6 Å². The summed E-state index contributed by atoms with van der Waals surface area (Å²) in [6, 6.07) is 6.65. The van der Waals surface area contributed by atoms with Gasteiger partial charge in [0.15, 0.2) is 0 Å². The average molecular weight is 265 g/mol. The van der Waals surface area contributed by atoms with E-state index in [9.17, 15) is 9.59 Å². The van der Waals surface area contributed by atoms with Crippen LogP contribution in [0.2, 0.25) is 0 Å². The zero-order chi connectivity index (χ0) is 14.1. The molecule has 1 aromatic rings. The molecule has 6 heteroatoms. The van der Waals surface area contributed by atoms with Gasteiger partial charge in [-0.1, -0.05) is 0 Å². The topological polar surface area (TPSA) is 93.5 Å². The van der Waals surface area contributed by atoms with Gasteiger partial charge in [0.1, 0.15) is 6.61 Å². The van der Waals surface area contributed by atoms with E-state index in [1.807, 2.05) is 6.92 Å². The van der Waals surface area contributed by atoms with Crippen molar-refractivity contribution < 1.29 is 14.3 Å². The molecule has 1 aromatic carbocycles. The molecule has 1 rings (SSSR count). The fraction of sp³-hybridized carbons (Fsp3) is 0.385. The van der Waals surface area contributed by atoms with Gasteiger partial charge in [0.2, 0.25) is 5.91 Å². The minimum absolute atomic E-state index is 0.0325. The molecule has 0 heterocycles. The number of rotatable bonds is 7. The van der Waals surface area contributed by atoms with Crippen LogP contribution in [0.25, 0.3) is 0 Å². The molecule has 0 saturated carbocycles. The van der Waals surface area contributed by atoms with Crippen LogP contribution in [0.1, 0.15) is 17.3 Å². The first-order chi connectivity index (χ1) is 9.17. The molecule has 0 fully saturated rings. The number of carbonyl (C=O) groups is 2. The predicted molar refractivity (Wildman–Crippen MR) is 73.0 cm³/mol. The Bertz CT molecular complexity index is 418. The number of carbonyl (C=O) groups excluding carboxylic acids is 2. The smallest absolute Gasteiger partial charge is 0.251 e. The van der Waals surface area contributed by atoms with E-state index in [0.717, 1.165) is 0 Å². The van der Waals surface area contributed by atoms with Gasteiger partial charge in [0, 0.05) is 24.3 Å². The van der Waals surface area contributed by atoms with Crippen LogP contribution in [0.4, 0.5) is 5.69 Å². The Morgan fingerprint density at radius 2 is 1.95 bits per heavy atom. The van der Waals surface area contributed by atoms with Crippen LogP contribution in [0.3, 0.4) is 0 Å². The van der Waals surface area contributed by atoms with Gasteiger partial charge in [0.05, 0.1) is 6.61 Å². The van der Waals surface area contributed by atoms with Crippen molar-refractivity contribution in [2.45, 2.75) is 6.92 Å². The summed E-state index contributed by atoms with van der Waals surface area (Å²) in [5.41, 5.74) is 6.42. The van der Waals surface area contributed by atoms with Crippen LogP contribution in [0, 0.1) is 0 Å². The molecular formula is C13H19N3O3. The molecule has 104 valence electrons. The third kappa shape index (κ3) is 5.50. The van der Waals surface area contributed by atoms with Crippen LogP contribution in [-0.4, -0.2) is 38.1 Å². The highest BCUT2D eigenvalue weighted by atomic mass is 16.5. The van der Waals surface area contributed by atoms with Crippen LogP contribution < -0.4 is 16.4 Å². The summed E-state index contributed by atoms with van der Waals surface area (Å²) < 4.78 is 5.01. The average Bonchev–Trinajstić information content (AvgIpc) is 2.40. The second-order valence-electron chi connectivity index (χ2n) is 3.83. The van der Waals surface area contributed by atoms with E-state index in [1.54, 1.807) is 24.3 Å². The van der Waals surface area contributed by atoms with Gasteiger partial charge in [0.25, 0.3) is 5.91 Å². The molecule has 6 nitrogen and oxygen atoms in total. The second-order valence-corrected chi connectivity index (χ2v) is 3.83. The lowest BCUT2D eigenvalue weighted by Gasteiger charge is -2.07. The van der Waals surface area contributed by atoms with Crippen molar-refractivity contribution in [2.75, 3.05) is 31.6 Å². The number of nitrogens with two attached hydrogens (primary N) is 1. The highest BCUT2D eigenvalue weighted by molar-refractivity contribution is 5.95. The Morgan fingerprint density at radius 1 is 1.26 bits per heavy atom. The predicted octanol–water partition coefficient (Wildman–Crippen LogP) is 0.350. The summed E-state index contributed by atoms with van der Waals surface area (Å²) >= 11 is 0. The van der Waals surface area contributed by atoms with Crippen molar-refractivity contribution in [3.05, 3.63) is 29.8 Å². The Balaban J connectivity index is 2.47.